The Hall–Kier alpha value is -3.57. The van der Waals surface area contributed by atoms with Crippen LogP contribution in [0.4, 0.5) is 5.69 Å². The number of fused-ring (bicyclic) bond motifs is 1. The predicted octanol–water partition coefficient (Wildman–Crippen LogP) is 6.36. The van der Waals surface area contributed by atoms with Crippen molar-refractivity contribution in [3.63, 3.8) is 0 Å². The second kappa shape index (κ2) is 11.9. The van der Waals surface area contributed by atoms with Crippen LogP contribution in [0.3, 0.4) is 0 Å². The summed E-state index contributed by atoms with van der Waals surface area (Å²) in [5.74, 6) is 1.22. The molecule has 0 saturated carbocycles. The first kappa shape index (κ1) is 25.5. The molecule has 4 rings (SSSR count). The zero-order chi connectivity index (χ0) is 25.5. The highest BCUT2D eigenvalue weighted by atomic mass is 16.5. The largest absolute Gasteiger partial charge is 0.493 e. The van der Waals surface area contributed by atoms with E-state index in [2.05, 4.69) is 65.7 Å². The zero-order valence-electron chi connectivity index (χ0n) is 21.8. The van der Waals surface area contributed by atoms with Gasteiger partial charge in [-0.15, -0.1) is 0 Å². The van der Waals surface area contributed by atoms with Gasteiger partial charge in [-0.1, -0.05) is 42.0 Å². The van der Waals surface area contributed by atoms with Crippen LogP contribution in [0, 0.1) is 6.92 Å². The monoisotopic (exact) mass is 484 g/mol. The fourth-order valence-corrected chi connectivity index (χ4v) is 4.43. The first-order valence-electron chi connectivity index (χ1n) is 12.6. The number of carbonyl (C=O) groups is 1. The third kappa shape index (κ3) is 6.55. The molecule has 0 bridgehead atoms. The summed E-state index contributed by atoms with van der Waals surface area (Å²) in [6.45, 7) is 3.62. The van der Waals surface area contributed by atoms with Gasteiger partial charge in [-0.3, -0.25) is 4.79 Å². The third-order valence-electron chi connectivity index (χ3n) is 6.47. The number of ether oxygens (including phenoxy) is 2. The smallest absolute Gasteiger partial charge is 0.251 e. The molecule has 188 valence electrons. The van der Waals surface area contributed by atoms with Crippen molar-refractivity contribution in [3.8, 4) is 22.6 Å². The number of carbonyl (C=O) groups excluding carboxylic acids is 1. The van der Waals surface area contributed by atoms with Crippen LogP contribution in [0.1, 0.15) is 36.0 Å². The van der Waals surface area contributed by atoms with Gasteiger partial charge in [0.05, 0.1) is 13.7 Å². The standard InChI is InChI=1S/C31H36N2O3/c1-22-9-11-24(12-10-22)25-14-13-23-7-5-8-26(20-27(23)19-25)31(34)32-28-15-16-29(35-4)30(21-28)36-18-6-17-33(2)3/h9-16,19-21H,5-8,17-18H2,1-4H3,(H,32,34). The van der Waals surface area contributed by atoms with Gasteiger partial charge in [-0.25, -0.2) is 0 Å². The van der Waals surface area contributed by atoms with Gasteiger partial charge in [0.25, 0.3) is 5.91 Å². The number of rotatable bonds is 9. The molecule has 0 spiro atoms. The lowest BCUT2D eigenvalue weighted by atomic mass is 9.97. The van der Waals surface area contributed by atoms with E-state index >= 15 is 0 Å². The molecule has 1 aliphatic carbocycles. The minimum Gasteiger partial charge on any atom is -0.493 e. The van der Waals surface area contributed by atoms with E-state index in [0.717, 1.165) is 48.9 Å². The summed E-state index contributed by atoms with van der Waals surface area (Å²) in [6, 6.07) is 20.7. The quantitative estimate of drug-likeness (QED) is 0.359. The van der Waals surface area contributed by atoms with E-state index in [0.29, 0.717) is 23.8 Å². The average molecular weight is 485 g/mol. The lowest BCUT2D eigenvalue weighted by Crippen LogP contribution is -2.16. The molecule has 0 radical (unpaired) electrons. The molecule has 1 N–H and O–H groups in total. The molecule has 1 aliphatic rings. The van der Waals surface area contributed by atoms with Crippen molar-refractivity contribution in [2.24, 2.45) is 0 Å². The van der Waals surface area contributed by atoms with Crippen molar-refractivity contribution >= 4 is 17.7 Å². The number of hydrogen-bond acceptors (Lipinski definition) is 4. The highest BCUT2D eigenvalue weighted by Crippen LogP contribution is 2.32. The SMILES string of the molecule is COc1ccc(NC(=O)C2=Cc3cc(-c4ccc(C)cc4)ccc3CCC2)cc1OCCCN(C)C. The number of nitrogens with zero attached hydrogens (tertiary/aromatic N) is 1. The van der Waals surface area contributed by atoms with Crippen molar-refractivity contribution in [3.05, 3.63) is 82.9 Å². The van der Waals surface area contributed by atoms with Gasteiger partial charge in [0, 0.05) is 23.9 Å². The summed E-state index contributed by atoms with van der Waals surface area (Å²) in [6.07, 6.45) is 5.61. The molecule has 5 nitrogen and oxygen atoms in total. The summed E-state index contributed by atoms with van der Waals surface area (Å²) in [4.78, 5) is 15.4. The van der Waals surface area contributed by atoms with Gasteiger partial charge in [-0.05, 0) is 93.2 Å². The Bertz CT molecular complexity index is 1230. The van der Waals surface area contributed by atoms with Crippen LogP contribution in [0.5, 0.6) is 11.5 Å². The van der Waals surface area contributed by atoms with Crippen LogP contribution in [-0.4, -0.2) is 45.2 Å². The zero-order valence-corrected chi connectivity index (χ0v) is 21.8. The van der Waals surface area contributed by atoms with Crippen molar-refractivity contribution in [1.82, 2.24) is 4.90 Å². The fraction of sp³-hybridized carbons (Fsp3) is 0.323. The molecule has 0 fully saturated rings. The Morgan fingerprint density at radius 3 is 2.47 bits per heavy atom. The maximum Gasteiger partial charge on any atom is 0.251 e. The Morgan fingerprint density at radius 1 is 0.944 bits per heavy atom. The number of benzene rings is 3. The molecule has 1 amide bonds. The first-order valence-corrected chi connectivity index (χ1v) is 12.6. The van der Waals surface area contributed by atoms with Crippen molar-refractivity contribution in [1.29, 1.82) is 0 Å². The summed E-state index contributed by atoms with van der Waals surface area (Å²) < 4.78 is 11.4. The number of hydrogen-bond donors (Lipinski definition) is 1. The molecular formula is C31H36N2O3. The Labute approximate surface area is 214 Å². The summed E-state index contributed by atoms with van der Waals surface area (Å²) in [7, 11) is 5.71. The van der Waals surface area contributed by atoms with E-state index in [4.69, 9.17) is 9.47 Å². The molecule has 3 aromatic rings. The molecular weight excluding hydrogens is 448 g/mol. The van der Waals surface area contributed by atoms with Crippen LogP contribution >= 0.6 is 0 Å². The summed E-state index contributed by atoms with van der Waals surface area (Å²) >= 11 is 0. The van der Waals surface area contributed by atoms with Crippen LogP contribution < -0.4 is 14.8 Å². The number of amides is 1. The Balaban J connectivity index is 1.51. The Kier molecular flexibility index (Phi) is 8.44. The summed E-state index contributed by atoms with van der Waals surface area (Å²) in [5.41, 5.74) is 7.48. The highest BCUT2D eigenvalue weighted by molar-refractivity contribution is 6.07. The molecule has 0 saturated heterocycles. The molecule has 0 atom stereocenters. The number of nitrogens with one attached hydrogen (secondary N) is 1. The van der Waals surface area contributed by atoms with Gasteiger partial charge in [0.1, 0.15) is 0 Å². The Morgan fingerprint density at radius 2 is 1.72 bits per heavy atom. The van der Waals surface area contributed by atoms with Gasteiger partial charge in [-0.2, -0.15) is 0 Å². The van der Waals surface area contributed by atoms with E-state index in [-0.39, 0.29) is 5.91 Å². The maximum absolute atomic E-state index is 13.3. The second-order valence-corrected chi connectivity index (χ2v) is 9.63. The first-order chi connectivity index (χ1) is 17.4. The van der Waals surface area contributed by atoms with Gasteiger partial charge in [0.15, 0.2) is 11.5 Å². The van der Waals surface area contributed by atoms with Crippen molar-refractivity contribution < 1.29 is 14.3 Å². The minimum atomic E-state index is -0.0766. The molecule has 0 aliphatic heterocycles. The lowest BCUT2D eigenvalue weighted by Gasteiger charge is -2.14. The normalized spacial score (nSPS) is 13.0. The molecule has 3 aromatic carbocycles. The number of methoxy groups -OCH3 is 1. The van der Waals surface area contributed by atoms with Crippen molar-refractivity contribution in [2.45, 2.75) is 32.6 Å². The second-order valence-electron chi connectivity index (χ2n) is 9.63. The minimum absolute atomic E-state index is 0.0766. The molecule has 0 heterocycles. The van der Waals surface area contributed by atoms with Crippen LogP contribution in [-0.2, 0) is 11.2 Å². The topological polar surface area (TPSA) is 50.8 Å². The van der Waals surface area contributed by atoms with E-state index < -0.39 is 0 Å². The van der Waals surface area contributed by atoms with E-state index in [1.807, 2.05) is 32.3 Å². The highest BCUT2D eigenvalue weighted by Gasteiger charge is 2.17. The number of anilines is 1. The third-order valence-corrected chi connectivity index (χ3v) is 6.47. The van der Waals surface area contributed by atoms with Gasteiger partial charge >= 0.3 is 0 Å². The van der Waals surface area contributed by atoms with Gasteiger partial charge < -0.3 is 19.7 Å². The van der Waals surface area contributed by atoms with Crippen LogP contribution in [0.15, 0.2) is 66.2 Å². The average Bonchev–Trinajstić information content (AvgIpc) is 3.09. The van der Waals surface area contributed by atoms with Crippen LogP contribution in [0.2, 0.25) is 0 Å². The van der Waals surface area contributed by atoms with E-state index in [1.165, 1.54) is 16.7 Å². The summed E-state index contributed by atoms with van der Waals surface area (Å²) in [5, 5.41) is 3.07. The fourth-order valence-electron chi connectivity index (χ4n) is 4.43. The van der Waals surface area contributed by atoms with Gasteiger partial charge in [0.2, 0.25) is 0 Å². The molecule has 0 aromatic heterocycles. The maximum atomic E-state index is 13.3. The van der Waals surface area contributed by atoms with Crippen molar-refractivity contribution in [2.75, 3.05) is 39.7 Å². The van der Waals surface area contributed by atoms with Crippen LogP contribution in [0.25, 0.3) is 17.2 Å². The van der Waals surface area contributed by atoms with E-state index in [9.17, 15) is 4.79 Å². The molecule has 36 heavy (non-hydrogen) atoms. The van der Waals surface area contributed by atoms with E-state index in [1.54, 1.807) is 7.11 Å². The molecule has 5 heteroatoms. The predicted molar refractivity (Wildman–Crippen MR) is 148 cm³/mol. The lowest BCUT2D eigenvalue weighted by molar-refractivity contribution is -0.112. The number of aryl methyl sites for hydroxylation is 2. The molecule has 0 unspecified atom stereocenters.